The van der Waals surface area contributed by atoms with Crippen molar-refractivity contribution < 1.29 is 22.0 Å². The fourth-order valence-electron chi connectivity index (χ4n) is 3.60. The van der Waals surface area contributed by atoms with E-state index >= 15 is 0 Å². The molecule has 0 aromatic carbocycles. The van der Waals surface area contributed by atoms with E-state index in [0.29, 0.717) is 0 Å². The summed E-state index contributed by atoms with van der Waals surface area (Å²) in [6, 6.07) is 0. The Morgan fingerprint density at radius 2 is 1.04 bits per heavy atom. The van der Waals surface area contributed by atoms with Crippen LogP contribution in [0.25, 0.3) is 0 Å². The summed E-state index contributed by atoms with van der Waals surface area (Å²) in [6.07, 6.45) is 25.2. The normalized spacial score (nSPS) is 10.8. The van der Waals surface area contributed by atoms with Crippen molar-refractivity contribution in [2.45, 2.75) is 129 Å². The van der Waals surface area contributed by atoms with E-state index < -0.39 is 0 Å². The molecule has 1 N–H and O–H groups in total. The van der Waals surface area contributed by atoms with Gasteiger partial charge < -0.3 is 17.0 Å². The molecule has 0 unspecified atom stereocenters. The molecule has 1 aromatic rings. The smallest absolute Gasteiger partial charge is 0.223 e. The van der Waals surface area contributed by atoms with Crippen molar-refractivity contribution in [3.05, 3.63) is 16.1 Å². The van der Waals surface area contributed by atoms with E-state index in [2.05, 4.69) is 24.3 Å². The van der Waals surface area contributed by atoms with Gasteiger partial charge in [0, 0.05) is 6.42 Å². The Kier molecular flexibility index (Phi) is 19.9. The van der Waals surface area contributed by atoms with Gasteiger partial charge in [0.2, 0.25) is 5.51 Å². The molecule has 0 saturated carbocycles. The van der Waals surface area contributed by atoms with Crippen molar-refractivity contribution in [1.29, 1.82) is 0 Å². The van der Waals surface area contributed by atoms with Gasteiger partial charge in [-0.15, -0.1) is 0 Å². The number of nitrogens with one attached hydrogen (secondary N) is 1. The molecule has 0 spiro atoms. The molecule has 0 radical (unpaired) electrons. The van der Waals surface area contributed by atoms with Crippen LogP contribution in [0.3, 0.4) is 0 Å². The quantitative estimate of drug-likeness (QED) is 0.284. The number of aryl methyl sites for hydroxylation is 2. The number of aromatic nitrogens is 1. The van der Waals surface area contributed by atoms with Gasteiger partial charge in [-0.05, 0) is 19.3 Å². The standard InChI is InChI=1S/C23H43NS.BrH/c1-3-5-7-9-11-13-15-17-19-22-23(25-21-24-22)20-18-16-14-12-10-8-6-4-2;/h21H,3-20H2,1-2H3;1H. The van der Waals surface area contributed by atoms with Crippen molar-refractivity contribution >= 4 is 11.3 Å². The Labute approximate surface area is 178 Å². The lowest BCUT2D eigenvalue weighted by Crippen LogP contribution is -3.00. The van der Waals surface area contributed by atoms with E-state index in [1.54, 1.807) is 10.6 Å². The summed E-state index contributed by atoms with van der Waals surface area (Å²) in [4.78, 5) is 5.15. The second kappa shape index (κ2) is 19.9. The SMILES string of the molecule is CCCCCCCCCCc1[nH+]csc1CCCCCCCCCC.[Br-]. The van der Waals surface area contributed by atoms with E-state index in [1.807, 2.05) is 11.3 Å². The third kappa shape index (κ3) is 14.2. The predicted octanol–water partition coefficient (Wildman–Crippen LogP) is 4.93. The van der Waals surface area contributed by atoms with Crippen LogP contribution in [-0.4, -0.2) is 0 Å². The number of thiazole rings is 1. The molecule has 0 bridgehead atoms. The van der Waals surface area contributed by atoms with Crippen molar-refractivity contribution in [2.24, 2.45) is 0 Å². The number of H-pyrrole nitrogens is 1. The summed E-state index contributed by atoms with van der Waals surface area (Å²) in [7, 11) is 0. The molecule has 1 rings (SSSR count). The van der Waals surface area contributed by atoms with Crippen LogP contribution in [0, 0.1) is 0 Å². The largest absolute Gasteiger partial charge is 1.00 e. The summed E-state index contributed by atoms with van der Waals surface area (Å²) < 4.78 is 0. The van der Waals surface area contributed by atoms with Crippen LogP contribution in [0.15, 0.2) is 5.51 Å². The predicted molar refractivity (Wildman–Crippen MR) is 114 cm³/mol. The van der Waals surface area contributed by atoms with Crippen LogP contribution < -0.4 is 22.0 Å². The topological polar surface area (TPSA) is 14.1 Å². The van der Waals surface area contributed by atoms with Crippen LogP contribution in [0.2, 0.25) is 0 Å². The molecule has 0 amide bonds. The molecule has 1 nitrogen and oxygen atoms in total. The Bertz CT molecular complexity index is 357. The van der Waals surface area contributed by atoms with Crippen molar-refractivity contribution in [2.75, 3.05) is 0 Å². The zero-order chi connectivity index (χ0) is 18.0. The second-order valence-electron chi connectivity index (χ2n) is 7.73. The van der Waals surface area contributed by atoms with Gasteiger partial charge in [0.05, 0.1) is 4.88 Å². The maximum Gasteiger partial charge on any atom is 0.223 e. The van der Waals surface area contributed by atoms with Crippen LogP contribution in [0.5, 0.6) is 0 Å². The fraction of sp³-hybridized carbons (Fsp3) is 0.870. The van der Waals surface area contributed by atoms with E-state index in [0.717, 1.165) is 0 Å². The van der Waals surface area contributed by atoms with E-state index in [4.69, 9.17) is 0 Å². The molecule has 1 heterocycles. The Morgan fingerprint density at radius 1 is 0.615 bits per heavy atom. The lowest BCUT2D eigenvalue weighted by Gasteiger charge is -2.02. The number of hydrogen-bond acceptors (Lipinski definition) is 1. The first-order valence-electron chi connectivity index (χ1n) is 11.3. The van der Waals surface area contributed by atoms with Crippen LogP contribution in [-0.2, 0) is 12.8 Å². The number of hydrogen-bond donors (Lipinski definition) is 0. The highest BCUT2D eigenvalue weighted by Gasteiger charge is 2.11. The monoisotopic (exact) mass is 445 g/mol. The lowest BCUT2D eigenvalue weighted by atomic mass is 10.0. The molecular formula is C23H44BrNS. The summed E-state index contributed by atoms with van der Waals surface area (Å²) in [6.45, 7) is 4.59. The molecular weight excluding hydrogens is 402 g/mol. The molecule has 0 saturated heterocycles. The first kappa shape index (κ1) is 26.1. The Balaban J connectivity index is 0.00000625. The summed E-state index contributed by atoms with van der Waals surface area (Å²) >= 11 is 1.95. The zero-order valence-corrected chi connectivity index (χ0v) is 20.0. The minimum atomic E-state index is 0. The second-order valence-corrected chi connectivity index (χ2v) is 8.70. The highest BCUT2D eigenvalue weighted by molar-refractivity contribution is 7.09. The molecule has 1 aromatic heterocycles. The van der Waals surface area contributed by atoms with Gasteiger partial charge in [-0.3, -0.25) is 0 Å². The summed E-state index contributed by atoms with van der Waals surface area (Å²) in [5, 5.41) is 0. The molecule has 0 fully saturated rings. The minimum absolute atomic E-state index is 0. The van der Waals surface area contributed by atoms with E-state index in [-0.39, 0.29) is 17.0 Å². The molecule has 26 heavy (non-hydrogen) atoms. The maximum atomic E-state index is 3.52. The first-order valence-corrected chi connectivity index (χ1v) is 12.2. The minimum Gasteiger partial charge on any atom is -1.00 e. The van der Waals surface area contributed by atoms with Crippen molar-refractivity contribution in [3.63, 3.8) is 0 Å². The number of rotatable bonds is 18. The highest BCUT2D eigenvalue weighted by Crippen LogP contribution is 2.18. The van der Waals surface area contributed by atoms with Crippen LogP contribution in [0.4, 0.5) is 0 Å². The van der Waals surface area contributed by atoms with Crippen LogP contribution >= 0.6 is 11.3 Å². The van der Waals surface area contributed by atoms with Gasteiger partial charge >= 0.3 is 0 Å². The van der Waals surface area contributed by atoms with Crippen molar-refractivity contribution in [1.82, 2.24) is 0 Å². The average Bonchev–Trinajstić information content (AvgIpc) is 3.07. The molecule has 0 atom stereocenters. The van der Waals surface area contributed by atoms with Gasteiger partial charge in [-0.25, -0.2) is 4.98 Å². The van der Waals surface area contributed by atoms with Gasteiger partial charge in [-0.2, -0.15) is 0 Å². The summed E-state index contributed by atoms with van der Waals surface area (Å²) in [5.41, 5.74) is 3.74. The van der Waals surface area contributed by atoms with Crippen LogP contribution in [0.1, 0.15) is 127 Å². The molecule has 0 aliphatic heterocycles. The average molecular weight is 447 g/mol. The molecule has 0 aliphatic rings. The highest BCUT2D eigenvalue weighted by atomic mass is 79.9. The lowest BCUT2D eigenvalue weighted by molar-refractivity contribution is -0.383. The van der Waals surface area contributed by atoms with Gasteiger partial charge in [-0.1, -0.05) is 115 Å². The van der Waals surface area contributed by atoms with Crippen molar-refractivity contribution in [3.8, 4) is 0 Å². The zero-order valence-electron chi connectivity index (χ0n) is 17.6. The Hall–Kier alpha value is 0.110. The third-order valence-electron chi connectivity index (χ3n) is 5.31. The summed E-state index contributed by atoms with van der Waals surface area (Å²) in [5.74, 6) is 0. The fourth-order valence-corrected chi connectivity index (χ4v) is 4.51. The van der Waals surface area contributed by atoms with E-state index in [9.17, 15) is 0 Å². The number of unbranched alkanes of at least 4 members (excludes halogenated alkanes) is 14. The molecule has 0 aliphatic carbocycles. The molecule has 3 heteroatoms. The van der Waals surface area contributed by atoms with Gasteiger partial charge in [0.1, 0.15) is 0 Å². The first-order chi connectivity index (χ1) is 12.4. The number of halogens is 1. The van der Waals surface area contributed by atoms with Gasteiger partial charge in [0.25, 0.3) is 0 Å². The van der Waals surface area contributed by atoms with E-state index in [1.165, 1.54) is 116 Å². The third-order valence-corrected chi connectivity index (χ3v) is 6.28. The maximum absolute atomic E-state index is 3.52. The molecule has 154 valence electrons. The Morgan fingerprint density at radius 3 is 1.54 bits per heavy atom. The van der Waals surface area contributed by atoms with Gasteiger partial charge in [0.15, 0.2) is 5.69 Å². The number of aromatic amines is 1.